The van der Waals surface area contributed by atoms with Crippen molar-refractivity contribution in [2.24, 2.45) is 0 Å². The van der Waals surface area contributed by atoms with Crippen LogP contribution in [0.25, 0.3) is 6.08 Å². The Kier molecular flexibility index (Phi) is 6.81. The number of hydrogen-bond acceptors (Lipinski definition) is 4. The van der Waals surface area contributed by atoms with Gasteiger partial charge in [-0.2, -0.15) is 0 Å². The van der Waals surface area contributed by atoms with Crippen molar-refractivity contribution in [2.75, 3.05) is 4.90 Å². The number of imide groups is 2. The van der Waals surface area contributed by atoms with Crippen LogP contribution in [0.3, 0.4) is 0 Å². The van der Waals surface area contributed by atoms with E-state index in [4.69, 9.17) is 16.3 Å². The van der Waals surface area contributed by atoms with Crippen molar-refractivity contribution in [3.63, 3.8) is 0 Å². The fourth-order valence-corrected chi connectivity index (χ4v) is 4.06. The van der Waals surface area contributed by atoms with Crippen LogP contribution in [-0.4, -0.2) is 17.8 Å². The van der Waals surface area contributed by atoms with Gasteiger partial charge in [-0.3, -0.25) is 14.9 Å². The summed E-state index contributed by atoms with van der Waals surface area (Å²) in [6, 6.07) is 14.8. The predicted molar refractivity (Wildman–Crippen MR) is 130 cm³/mol. The molecule has 0 atom stereocenters. The number of rotatable bonds is 5. The number of nitrogens with one attached hydrogen (secondary N) is 1. The molecule has 172 valence electrons. The van der Waals surface area contributed by atoms with Crippen molar-refractivity contribution in [1.82, 2.24) is 5.32 Å². The summed E-state index contributed by atoms with van der Waals surface area (Å²) in [6.07, 6.45) is 1.33. The molecule has 4 amide bonds. The third-order valence-electron chi connectivity index (χ3n) is 5.08. The summed E-state index contributed by atoms with van der Waals surface area (Å²) in [7, 11) is 0. The molecule has 1 fully saturated rings. The number of urea groups is 1. The Bertz CT molecular complexity index is 1340. The third kappa shape index (κ3) is 5.03. The molecule has 0 saturated carbocycles. The fourth-order valence-electron chi connectivity index (χ4n) is 3.41. The molecular formula is C25H17BrClFN2O4. The molecule has 0 unspecified atom stereocenters. The van der Waals surface area contributed by atoms with Gasteiger partial charge in [0.1, 0.15) is 23.7 Å². The van der Waals surface area contributed by atoms with E-state index in [-0.39, 0.29) is 18.0 Å². The number of nitrogens with zero attached hydrogens (tertiary/aromatic N) is 1. The molecule has 0 aliphatic carbocycles. The second kappa shape index (κ2) is 9.79. The lowest BCUT2D eigenvalue weighted by atomic mass is 10.0. The van der Waals surface area contributed by atoms with E-state index in [0.29, 0.717) is 27.6 Å². The van der Waals surface area contributed by atoms with Gasteiger partial charge in [-0.15, -0.1) is 0 Å². The van der Waals surface area contributed by atoms with Gasteiger partial charge >= 0.3 is 6.03 Å². The SMILES string of the molecule is Cc1cc(Br)ccc1N1C(=O)NC(=O)/C(=C/c2cc(Cl)ccc2OCc2ccc(F)cc2)C1=O. The van der Waals surface area contributed by atoms with Crippen LogP contribution in [0.15, 0.2) is 70.7 Å². The quantitative estimate of drug-likeness (QED) is 0.326. The summed E-state index contributed by atoms with van der Waals surface area (Å²) in [4.78, 5) is 39.3. The largest absolute Gasteiger partial charge is 0.488 e. The number of halogens is 3. The van der Waals surface area contributed by atoms with E-state index in [1.807, 2.05) is 0 Å². The molecule has 1 heterocycles. The number of carbonyl (C=O) groups excluding carboxylic acids is 3. The maximum absolute atomic E-state index is 13.3. The maximum Gasteiger partial charge on any atom is 0.335 e. The number of benzene rings is 3. The molecule has 9 heteroatoms. The lowest BCUT2D eigenvalue weighted by Crippen LogP contribution is -2.54. The Morgan fingerprint density at radius 3 is 2.50 bits per heavy atom. The lowest BCUT2D eigenvalue weighted by molar-refractivity contribution is -0.122. The lowest BCUT2D eigenvalue weighted by Gasteiger charge is -2.27. The summed E-state index contributed by atoms with van der Waals surface area (Å²) in [6.45, 7) is 1.87. The normalized spacial score (nSPS) is 15.0. The second-order valence-corrected chi connectivity index (χ2v) is 8.84. The molecule has 0 bridgehead atoms. The number of carbonyl (C=O) groups is 3. The highest BCUT2D eigenvalue weighted by Gasteiger charge is 2.37. The zero-order valence-electron chi connectivity index (χ0n) is 17.8. The topological polar surface area (TPSA) is 75.7 Å². The van der Waals surface area contributed by atoms with Crippen LogP contribution >= 0.6 is 27.5 Å². The number of amides is 4. The predicted octanol–water partition coefficient (Wildman–Crippen LogP) is 5.80. The first-order valence-corrected chi connectivity index (χ1v) is 11.2. The monoisotopic (exact) mass is 542 g/mol. The van der Waals surface area contributed by atoms with Crippen molar-refractivity contribution in [3.8, 4) is 5.75 Å². The zero-order chi connectivity index (χ0) is 24.4. The highest BCUT2D eigenvalue weighted by Crippen LogP contribution is 2.30. The molecule has 1 aliphatic heterocycles. The molecule has 0 spiro atoms. The first kappa shape index (κ1) is 23.7. The van der Waals surface area contributed by atoms with Gasteiger partial charge in [0.05, 0.1) is 5.69 Å². The molecular weight excluding hydrogens is 527 g/mol. The molecule has 1 N–H and O–H groups in total. The van der Waals surface area contributed by atoms with Crippen LogP contribution in [-0.2, 0) is 16.2 Å². The summed E-state index contributed by atoms with van der Waals surface area (Å²) >= 11 is 9.50. The number of anilines is 1. The Hall–Kier alpha value is -3.49. The Balaban J connectivity index is 1.68. The van der Waals surface area contributed by atoms with E-state index < -0.39 is 17.8 Å². The van der Waals surface area contributed by atoms with Gasteiger partial charge in [-0.1, -0.05) is 39.7 Å². The second-order valence-electron chi connectivity index (χ2n) is 7.49. The Morgan fingerprint density at radius 2 is 1.79 bits per heavy atom. The van der Waals surface area contributed by atoms with Gasteiger partial charge in [0, 0.05) is 15.1 Å². The van der Waals surface area contributed by atoms with Crippen LogP contribution in [0.5, 0.6) is 5.75 Å². The van der Waals surface area contributed by atoms with Crippen LogP contribution in [0.4, 0.5) is 14.9 Å². The molecule has 1 saturated heterocycles. The number of aryl methyl sites for hydroxylation is 1. The molecule has 34 heavy (non-hydrogen) atoms. The van der Waals surface area contributed by atoms with Crippen molar-refractivity contribution in [1.29, 1.82) is 0 Å². The number of barbiturate groups is 1. The minimum atomic E-state index is -0.837. The van der Waals surface area contributed by atoms with Crippen molar-refractivity contribution in [3.05, 3.63) is 98.2 Å². The van der Waals surface area contributed by atoms with E-state index in [2.05, 4.69) is 21.2 Å². The minimum absolute atomic E-state index is 0.126. The van der Waals surface area contributed by atoms with Crippen molar-refractivity contribution < 1.29 is 23.5 Å². The maximum atomic E-state index is 13.3. The van der Waals surface area contributed by atoms with Gasteiger partial charge in [-0.05, 0) is 72.7 Å². The fraction of sp³-hybridized carbons (Fsp3) is 0.0800. The summed E-state index contributed by atoms with van der Waals surface area (Å²) in [5.41, 5.74) is 1.86. The molecule has 3 aromatic carbocycles. The Labute approximate surface area is 208 Å². The van der Waals surface area contributed by atoms with E-state index in [9.17, 15) is 18.8 Å². The van der Waals surface area contributed by atoms with Gasteiger partial charge < -0.3 is 4.74 Å². The van der Waals surface area contributed by atoms with Crippen molar-refractivity contribution >= 4 is 57.1 Å². The van der Waals surface area contributed by atoms with Gasteiger partial charge in [0.15, 0.2) is 0 Å². The standard InChI is InChI=1S/C25H17BrClFN2O4/c1-14-10-17(26)4-8-21(14)30-24(32)20(23(31)29-25(30)33)12-16-11-18(27)5-9-22(16)34-13-15-2-6-19(28)7-3-15/h2-12H,13H2,1H3,(H,29,31,33)/b20-12-. The minimum Gasteiger partial charge on any atom is -0.488 e. The molecule has 0 aromatic heterocycles. The average molecular weight is 544 g/mol. The highest BCUT2D eigenvalue weighted by atomic mass is 79.9. The summed E-state index contributed by atoms with van der Waals surface area (Å²) in [5, 5.41) is 2.57. The van der Waals surface area contributed by atoms with E-state index in [1.54, 1.807) is 55.5 Å². The van der Waals surface area contributed by atoms with Crippen LogP contribution in [0.1, 0.15) is 16.7 Å². The molecule has 4 rings (SSSR count). The summed E-state index contributed by atoms with van der Waals surface area (Å²) in [5.74, 6) is -1.61. The number of ether oxygens (including phenoxy) is 1. The van der Waals surface area contributed by atoms with Crippen LogP contribution in [0, 0.1) is 12.7 Å². The van der Waals surface area contributed by atoms with Crippen LogP contribution < -0.4 is 15.0 Å². The van der Waals surface area contributed by atoms with Gasteiger partial charge in [0.2, 0.25) is 0 Å². The molecule has 6 nitrogen and oxygen atoms in total. The Morgan fingerprint density at radius 1 is 1.06 bits per heavy atom. The molecule has 3 aromatic rings. The van der Waals surface area contributed by atoms with Crippen LogP contribution in [0.2, 0.25) is 5.02 Å². The van der Waals surface area contributed by atoms with Gasteiger partial charge in [-0.25, -0.2) is 14.1 Å². The molecule has 1 aliphatic rings. The summed E-state index contributed by atoms with van der Waals surface area (Å²) < 4.78 is 19.8. The van der Waals surface area contributed by atoms with E-state index in [1.165, 1.54) is 18.2 Å². The zero-order valence-corrected chi connectivity index (χ0v) is 20.1. The first-order chi connectivity index (χ1) is 16.2. The number of hydrogen-bond donors (Lipinski definition) is 1. The van der Waals surface area contributed by atoms with E-state index >= 15 is 0 Å². The van der Waals surface area contributed by atoms with Gasteiger partial charge in [0.25, 0.3) is 11.8 Å². The first-order valence-electron chi connectivity index (χ1n) is 10.1. The van der Waals surface area contributed by atoms with E-state index in [0.717, 1.165) is 14.9 Å². The van der Waals surface area contributed by atoms with Crippen molar-refractivity contribution in [2.45, 2.75) is 13.5 Å². The smallest absolute Gasteiger partial charge is 0.335 e. The third-order valence-corrected chi connectivity index (χ3v) is 5.81. The molecule has 0 radical (unpaired) electrons. The average Bonchev–Trinajstić information content (AvgIpc) is 2.78. The highest BCUT2D eigenvalue weighted by molar-refractivity contribution is 9.10.